The van der Waals surface area contributed by atoms with Gasteiger partial charge in [-0.1, -0.05) is 45.0 Å². The standard InChI is InChI=1S/C21H21NO4/c1-13-11-14(21(2,3)4)9-10-17(13)26-18(23)12-22-19(24)15-7-5-6-8-16(15)20(22)25/h5-11H,12H2,1-4H3. The lowest BCUT2D eigenvalue weighted by Crippen LogP contribution is -2.36. The molecule has 5 heteroatoms. The molecule has 1 aliphatic rings. The van der Waals surface area contributed by atoms with Crippen molar-refractivity contribution in [3.63, 3.8) is 0 Å². The molecule has 2 amide bonds. The summed E-state index contributed by atoms with van der Waals surface area (Å²) in [5, 5.41) is 0. The van der Waals surface area contributed by atoms with Crippen LogP contribution in [0.5, 0.6) is 5.75 Å². The van der Waals surface area contributed by atoms with Gasteiger partial charge in [-0.2, -0.15) is 0 Å². The lowest BCUT2D eigenvalue weighted by molar-refractivity contribution is -0.134. The minimum Gasteiger partial charge on any atom is -0.425 e. The molecule has 0 aliphatic carbocycles. The van der Waals surface area contributed by atoms with E-state index in [0.29, 0.717) is 16.9 Å². The molecule has 5 nitrogen and oxygen atoms in total. The van der Waals surface area contributed by atoms with Crippen LogP contribution >= 0.6 is 0 Å². The van der Waals surface area contributed by atoms with E-state index < -0.39 is 24.3 Å². The van der Waals surface area contributed by atoms with Gasteiger partial charge in [0, 0.05) is 0 Å². The van der Waals surface area contributed by atoms with E-state index in [0.717, 1.165) is 16.0 Å². The minimum absolute atomic E-state index is 0.00648. The van der Waals surface area contributed by atoms with Crippen molar-refractivity contribution < 1.29 is 19.1 Å². The Morgan fingerprint density at radius 3 is 2.08 bits per heavy atom. The summed E-state index contributed by atoms with van der Waals surface area (Å²) in [5.41, 5.74) is 2.59. The average Bonchev–Trinajstić information content (AvgIpc) is 2.81. The fourth-order valence-corrected chi connectivity index (χ4v) is 2.90. The molecule has 2 aromatic rings. The van der Waals surface area contributed by atoms with Crippen molar-refractivity contribution >= 4 is 17.8 Å². The van der Waals surface area contributed by atoms with Crippen LogP contribution in [0.3, 0.4) is 0 Å². The average molecular weight is 351 g/mol. The van der Waals surface area contributed by atoms with Crippen molar-refractivity contribution in [3.05, 3.63) is 64.7 Å². The lowest BCUT2D eigenvalue weighted by atomic mass is 9.86. The number of amides is 2. The zero-order valence-electron chi connectivity index (χ0n) is 15.3. The Hall–Kier alpha value is -2.95. The summed E-state index contributed by atoms with van der Waals surface area (Å²) in [6.07, 6.45) is 0. The van der Waals surface area contributed by atoms with Crippen molar-refractivity contribution in [1.82, 2.24) is 4.90 Å². The number of carbonyl (C=O) groups excluding carboxylic acids is 3. The number of fused-ring (bicyclic) bond motifs is 1. The first kappa shape index (κ1) is 17.9. The zero-order chi connectivity index (χ0) is 19.1. The molecular weight excluding hydrogens is 330 g/mol. The fourth-order valence-electron chi connectivity index (χ4n) is 2.90. The maximum absolute atomic E-state index is 12.3. The van der Waals surface area contributed by atoms with E-state index in [1.165, 1.54) is 0 Å². The van der Waals surface area contributed by atoms with Crippen molar-refractivity contribution in [2.75, 3.05) is 6.54 Å². The van der Waals surface area contributed by atoms with Gasteiger partial charge in [-0.3, -0.25) is 14.5 Å². The molecule has 0 atom stereocenters. The van der Waals surface area contributed by atoms with Crippen molar-refractivity contribution in [1.29, 1.82) is 0 Å². The van der Waals surface area contributed by atoms with Gasteiger partial charge < -0.3 is 4.74 Å². The Kier molecular flexibility index (Phi) is 4.40. The largest absolute Gasteiger partial charge is 0.425 e. The highest BCUT2D eigenvalue weighted by Crippen LogP contribution is 2.28. The van der Waals surface area contributed by atoms with E-state index >= 15 is 0 Å². The second-order valence-electron chi connectivity index (χ2n) is 7.45. The number of rotatable bonds is 3. The second kappa shape index (κ2) is 6.41. The number of ether oxygens (including phenoxy) is 1. The first-order valence-corrected chi connectivity index (χ1v) is 8.45. The van der Waals surface area contributed by atoms with Crippen molar-refractivity contribution in [3.8, 4) is 5.75 Å². The third-order valence-corrected chi connectivity index (χ3v) is 4.43. The van der Waals surface area contributed by atoms with Crippen molar-refractivity contribution in [2.45, 2.75) is 33.1 Å². The summed E-state index contributed by atoms with van der Waals surface area (Å²) in [6, 6.07) is 12.2. The van der Waals surface area contributed by atoms with Crippen LogP contribution in [0.2, 0.25) is 0 Å². The first-order chi connectivity index (χ1) is 12.2. The van der Waals surface area contributed by atoms with E-state index in [9.17, 15) is 14.4 Å². The Bertz CT molecular complexity index is 873. The number of imide groups is 1. The van der Waals surface area contributed by atoms with E-state index in [4.69, 9.17) is 4.74 Å². The van der Waals surface area contributed by atoms with Crippen LogP contribution < -0.4 is 4.74 Å². The highest BCUT2D eigenvalue weighted by Gasteiger charge is 2.36. The van der Waals surface area contributed by atoms with Gasteiger partial charge in [-0.15, -0.1) is 0 Å². The van der Waals surface area contributed by atoms with Gasteiger partial charge in [0.15, 0.2) is 0 Å². The summed E-state index contributed by atoms with van der Waals surface area (Å²) >= 11 is 0. The molecule has 0 unspecified atom stereocenters. The topological polar surface area (TPSA) is 63.7 Å². The molecule has 3 rings (SSSR count). The number of benzene rings is 2. The molecular formula is C21H21NO4. The van der Waals surface area contributed by atoms with Gasteiger partial charge in [0.2, 0.25) is 0 Å². The maximum Gasteiger partial charge on any atom is 0.331 e. The molecule has 0 bridgehead atoms. The Balaban J connectivity index is 1.73. The van der Waals surface area contributed by atoms with Crippen LogP contribution in [0.4, 0.5) is 0 Å². The third kappa shape index (κ3) is 3.25. The zero-order valence-corrected chi connectivity index (χ0v) is 15.3. The van der Waals surface area contributed by atoms with Gasteiger partial charge in [0.25, 0.3) is 11.8 Å². The molecule has 1 heterocycles. The number of hydrogen-bond acceptors (Lipinski definition) is 4. The summed E-state index contributed by atoms with van der Waals surface area (Å²) in [6.45, 7) is 7.77. The van der Waals surface area contributed by atoms with Crippen LogP contribution in [0, 0.1) is 6.92 Å². The van der Waals surface area contributed by atoms with Gasteiger partial charge >= 0.3 is 5.97 Å². The Morgan fingerprint density at radius 2 is 1.58 bits per heavy atom. The molecule has 0 N–H and O–H groups in total. The number of hydrogen-bond donors (Lipinski definition) is 0. The Morgan fingerprint density at radius 1 is 1.00 bits per heavy atom. The van der Waals surface area contributed by atoms with E-state index in [1.807, 2.05) is 19.1 Å². The third-order valence-electron chi connectivity index (χ3n) is 4.43. The minimum atomic E-state index is -0.647. The van der Waals surface area contributed by atoms with Crippen LogP contribution in [0.1, 0.15) is 52.6 Å². The molecule has 26 heavy (non-hydrogen) atoms. The number of nitrogens with zero attached hydrogens (tertiary/aromatic N) is 1. The summed E-state index contributed by atoms with van der Waals surface area (Å²) in [5.74, 6) is -1.16. The fraction of sp³-hybridized carbons (Fsp3) is 0.286. The number of carbonyl (C=O) groups is 3. The van der Waals surface area contributed by atoms with E-state index in [1.54, 1.807) is 30.3 Å². The Labute approximate surface area is 152 Å². The molecule has 2 aromatic carbocycles. The molecule has 0 aromatic heterocycles. The second-order valence-corrected chi connectivity index (χ2v) is 7.45. The van der Waals surface area contributed by atoms with E-state index in [-0.39, 0.29) is 5.41 Å². The SMILES string of the molecule is Cc1cc(C(C)(C)C)ccc1OC(=O)CN1C(=O)c2ccccc2C1=O. The van der Waals surface area contributed by atoms with Gasteiger partial charge in [-0.05, 0) is 41.7 Å². The first-order valence-electron chi connectivity index (χ1n) is 8.45. The van der Waals surface area contributed by atoms with Crippen LogP contribution in [-0.2, 0) is 10.2 Å². The monoisotopic (exact) mass is 351 g/mol. The van der Waals surface area contributed by atoms with Crippen LogP contribution in [0.25, 0.3) is 0 Å². The molecule has 0 spiro atoms. The molecule has 1 aliphatic heterocycles. The number of esters is 1. The molecule has 0 saturated carbocycles. The predicted octanol–water partition coefficient (Wildman–Crippen LogP) is 3.49. The summed E-state index contributed by atoms with van der Waals surface area (Å²) in [4.78, 5) is 37.8. The van der Waals surface area contributed by atoms with Crippen LogP contribution in [0.15, 0.2) is 42.5 Å². The molecule has 0 radical (unpaired) electrons. The summed E-state index contributed by atoms with van der Waals surface area (Å²) < 4.78 is 5.39. The highest BCUT2D eigenvalue weighted by atomic mass is 16.5. The lowest BCUT2D eigenvalue weighted by Gasteiger charge is -2.20. The summed E-state index contributed by atoms with van der Waals surface area (Å²) in [7, 11) is 0. The molecule has 134 valence electrons. The normalized spacial score (nSPS) is 13.8. The number of aryl methyl sites for hydroxylation is 1. The van der Waals surface area contributed by atoms with Gasteiger partial charge in [0.1, 0.15) is 12.3 Å². The van der Waals surface area contributed by atoms with Crippen molar-refractivity contribution in [2.24, 2.45) is 0 Å². The van der Waals surface area contributed by atoms with Gasteiger partial charge in [0.05, 0.1) is 11.1 Å². The predicted molar refractivity (Wildman–Crippen MR) is 97.3 cm³/mol. The van der Waals surface area contributed by atoms with Gasteiger partial charge in [-0.25, -0.2) is 4.79 Å². The maximum atomic E-state index is 12.3. The quantitative estimate of drug-likeness (QED) is 0.482. The molecule has 0 fully saturated rings. The molecule has 0 saturated heterocycles. The van der Waals surface area contributed by atoms with E-state index in [2.05, 4.69) is 20.8 Å². The smallest absolute Gasteiger partial charge is 0.331 e. The highest BCUT2D eigenvalue weighted by molar-refractivity contribution is 6.22. The van der Waals surface area contributed by atoms with Crippen LogP contribution in [-0.4, -0.2) is 29.2 Å².